The van der Waals surface area contributed by atoms with Gasteiger partial charge in [0.1, 0.15) is 11.5 Å². The predicted molar refractivity (Wildman–Crippen MR) is 92.6 cm³/mol. The van der Waals surface area contributed by atoms with E-state index in [0.29, 0.717) is 6.54 Å². The Morgan fingerprint density at radius 2 is 1.62 bits per heavy atom. The second kappa shape index (κ2) is 8.17. The second-order valence-corrected chi connectivity index (χ2v) is 5.46. The Morgan fingerprint density at radius 3 is 2.17 bits per heavy atom. The normalized spacial score (nSPS) is 12.2. The van der Waals surface area contributed by atoms with E-state index in [2.05, 4.69) is 0 Å². The zero-order valence-corrected chi connectivity index (χ0v) is 13.7. The first-order valence-electron chi connectivity index (χ1n) is 7.53. The molecule has 5 heteroatoms. The van der Waals surface area contributed by atoms with Crippen molar-refractivity contribution in [2.45, 2.75) is 6.10 Å². The fourth-order valence-electron chi connectivity index (χ4n) is 2.22. The lowest BCUT2D eigenvalue weighted by molar-refractivity contribution is -0.126. The number of carbonyl (C=O) groups excluding carboxylic acids is 1. The number of methoxy groups -OCH3 is 1. The molecule has 2 aromatic carbocycles. The number of hydrogen-bond acceptors (Lipinski definition) is 4. The molecule has 1 atom stereocenters. The van der Waals surface area contributed by atoms with E-state index in [4.69, 9.17) is 4.74 Å². The lowest BCUT2D eigenvalue weighted by Crippen LogP contribution is -2.30. The number of hydrogen-bond donors (Lipinski definition) is 2. The summed E-state index contributed by atoms with van der Waals surface area (Å²) in [5, 5.41) is 18.6. The van der Waals surface area contributed by atoms with Gasteiger partial charge in [0.05, 0.1) is 12.6 Å². The van der Waals surface area contributed by atoms with Gasteiger partial charge < -0.3 is 19.8 Å². The third-order valence-electron chi connectivity index (χ3n) is 3.68. The molecule has 0 aromatic heterocycles. The summed E-state index contributed by atoms with van der Waals surface area (Å²) in [6.07, 6.45) is 2.90. The quantitative estimate of drug-likeness (QED) is 0.800. The summed E-state index contributed by atoms with van der Waals surface area (Å²) in [5.41, 5.74) is 1.72. The molecule has 1 amide bonds. The predicted octanol–water partition coefficient (Wildman–Crippen LogP) is 2.96. The van der Waals surface area contributed by atoms with Crippen LogP contribution < -0.4 is 0 Å². The van der Waals surface area contributed by atoms with E-state index in [1.165, 1.54) is 6.08 Å². The number of nitrogens with zero attached hydrogens (tertiary/aromatic N) is 1. The van der Waals surface area contributed by atoms with Crippen molar-refractivity contribution < 1.29 is 19.7 Å². The molecule has 0 aliphatic rings. The molecule has 0 saturated carbocycles. The molecule has 0 aliphatic carbocycles. The Hall–Kier alpha value is -2.79. The molecule has 0 fully saturated rings. The molecule has 2 aromatic rings. The first kappa shape index (κ1) is 17.6. The summed E-state index contributed by atoms with van der Waals surface area (Å²) in [7, 11) is 3.29. The van der Waals surface area contributed by atoms with Gasteiger partial charge in [-0.15, -0.1) is 0 Å². The first-order chi connectivity index (χ1) is 11.5. The zero-order chi connectivity index (χ0) is 17.5. The lowest BCUT2D eigenvalue weighted by Gasteiger charge is -2.22. The topological polar surface area (TPSA) is 70.0 Å². The molecule has 0 spiro atoms. The zero-order valence-electron chi connectivity index (χ0n) is 13.7. The summed E-state index contributed by atoms with van der Waals surface area (Å²) in [4.78, 5) is 13.8. The molecule has 0 saturated heterocycles. The molecule has 5 nitrogen and oxygen atoms in total. The van der Waals surface area contributed by atoms with Gasteiger partial charge in [-0.2, -0.15) is 0 Å². The van der Waals surface area contributed by atoms with Crippen molar-refractivity contribution in [1.29, 1.82) is 0 Å². The molecule has 126 valence electrons. The van der Waals surface area contributed by atoms with Crippen LogP contribution in [0.3, 0.4) is 0 Å². The Morgan fingerprint density at radius 1 is 1.08 bits per heavy atom. The van der Waals surface area contributed by atoms with E-state index in [1.54, 1.807) is 73.7 Å². The highest BCUT2D eigenvalue weighted by molar-refractivity contribution is 5.91. The minimum absolute atomic E-state index is 0.149. The van der Waals surface area contributed by atoms with Crippen LogP contribution in [-0.2, 0) is 9.53 Å². The molecule has 0 heterocycles. The van der Waals surface area contributed by atoms with Crippen molar-refractivity contribution in [1.82, 2.24) is 4.90 Å². The molecule has 0 aliphatic heterocycles. The van der Waals surface area contributed by atoms with E-state index >= 15 is 0 Å². The van der Waals surface area contributed by atoms with Gasteiger partial charge in [-0.3, -0.25) is 4.79 Å². The van der Waals surface area contributed by atoms with Gasteiger partial charge in [0.2, 0.25) is 5.91 Å². The summed E-state index contributed by atoms with van der Waals surface area (Å²) in [6.45, 7) is 0.389. The van der Waals surface area contributed by atoms with E-state index in [9.17, 15) is 15.0 Å². The van der Waals surface area contributed by atoms with Gasteiger partial charge in [-0.1, -0.05) is 24.3 Å². The van der Waals surface area contributed by atoms with Crippen molar-refractivity contribution in [2.75, 3.05) is 20.7 Å². The van der Waals surface area contributed by atoms with Crippen LogP contribution in [0.2, 0.25) is 0 Å². The molecule has 24 heavy (non-hydrogen) atoms. The monoisotopic (exact) mass is 327 g/mol. The average Bonchev–Trinajstić information content (AvgIpc) is 2.59. The summed E-state index contributed by atoms with van der Waals surface area (Å²) >= 11 is 0. The third-order valence-corrected chi connectivity index (χ3v) is 3.68. The Kier molecular flexibility index (Phi) is 5.98. The van der Waals surface area contributed by atoms with Gasteiger partial charge in [-0.25, -0.2) is 0 Å². The fraction of sp³-hybridized carbons (Fsp3) is 0.211. The van der Waals surface area contributed by atoms with Crippen LogP contribution in [0.4, 0.5) is 0 Å². The van der Waals surface area contributed by atoms with Gasteiger partial charge in [0.15, 0.2) is 0 Å². The maximum absolute atomic E-state index is 12.2. The van der Waals surface area contributed by atoms with Crippen molar-refractivity contribution in [3.63, 3.8) is 0 Å². The highest BCUT2D eigenvalue weighted by atomic mass is 16.5. The molecule has 0 radical (unpaired) electrons. The second-order valence-electron chi connectivity index (χ2n) is 5.46. The number of amides is 1. The molecular weight excluding hydrogens is 306 g/mol. The first-order valence-corrected chi connectivity index (χ1v) is 7.53. The van der Waals surface area contributed by atoms with Crippen molar-refractivity contribution >= 4 is 12.0 Å². The van der Waals surface area contributed by atoms with Crippen LogP contribution in [0.5, 0.6) is 11.5 Å². The molecule has 2 rings (SSSR count). The van der Waals surface area contributed by atoms with Gasteiger partial charge in [0.25, 0.3) is 0 Å². The minimum atomic E-state index is -0.276. The average molecular weight is 327 g/mol. The Bertz CT molecular complexity index is 692. The van der Waals surface area contributed by atoms with Gasteiger partial charge in [-0.05, 0) is 41.5 Å². The maximum Gasteiger partial charge on any atom is 0.246 e. The van der Waals surface area contributed by atoms with Crippen molar-refractivity contribution in [3.05, 3.63) is 65.7 Å². The van der Waals surface area contributed by atoms with E-state index < -0.39 is 0 Å². The number of aromatic hydroxyl groups is 2. The molecule has 1 unspecified atom stereocenters. The maximum atomic E-state index is 12.2. The van der Waals surface area contributed by atoms with E-state index in [-0.39, 0.29) is 23.5 Å². The van der Waals surface area contributed by atoms with E-state index in [1.807, 2.05) is 0 Å². The highest BCUT2D eigenvalue weighted by Crippen LogP contribution is 2.20. The third kappa shape index (κ3) is 4.86. The largest absolute Gasteiger partial charge is 0.508 e. The van der Waals surface area contributed by atoms with E-state index in [0.717, 1.165) is 11.1 Å². The number of benzene rings is 2. The molecule has 2 N–H and O–H groups in total. The van der Waals surface area contributed by atoms with Crippen LogP contribution >= 0.6 is 0 Å². The number of phenolic OH excluding ortho intramolecular Hbond substituents is 2. The van der Waals surface area contributed by atoms with Crippen LogP contribution in [0.15, 0.2) is 54.6 Å². The number of carbonyl (C=O) groups is 1. The molecular formula is C19H21NO4. The van der Waals surface area contributed by atoms with Crippen LogP contribution in [0.1, 0.15) is 17.2 Å². The van der Waals surface area contributed by atoms with Crippen molar-refractivity contribution in [3.8, 4) is 11.5 Å². The lowest BCUT2D eigenvalue weighted by atomic mass is 10.1. The SMILES string of the molecule is COC(CN(C)C(=O)/C=C/c1ccc(O)cc1)c1ccc(O)cc1. The fourth-order valence-corrected chi connectivity index (χ4v) is 2.22. The molecule has 0 bridgehead atoms. The number of likely N-dealkylation sites (N-methyl/N-ethyl adjacent to an activating group) is 1. The highest BCUT2D eigenvalue weighted by Gasteiger charge is 2.15. The minimum Gasteiger partial charge on any atom is -0.508 e. The van der Waals surface area contributed by atoms with Crippen LogP contribution in [-0.4, -0.2) is 41.7 Å². The Labute approximate surface area is 141 Å². The summed E-state index contributed by atoms with van der Waals surface area (Å²) < 4.78 is 5.45. The number of ether oxygens (including phenoxy) is 1. The summed E-state index contributed by atoms with van der Waals surface area (Å²) in [5.74, 6) is 0.228. The number of rotatable bonds is 6. The van der Waals surface area contributed by atoms with Crippen LogP contribution in [0, 0.1) is 0 Å². The van der Waals surface area contributed by atoms with Gasteiger partial charge >= 0.3 is 0 Å². The smallest absolute Gasteiger partial charge is 0.246 e. The van der Waals surface area contributed by atoms with Gasteiger partial charge in [0, 0.05) is 20.2 Å². The Balaban J connectivity index is 1.98. The number of phenols is 2. The van der Waals surface area contributed by atoms with Crippen LogP contribution in [0.25, 0.3) is 6.08 Å². The standard InChI is InChI=1S/C19H21NO4/c1-20(13-18(24-2)15-6-10-17(22)11-7-15)19(23)12-5-14-3-8-16(21)9-4-14/h3-12,18,21-22H,13H2,1-2H3/b12-5+. The van der Waals surface area contributed by atoms with Crippen molar-refractivity contribution in [2.24, 2.45) is 0 Å². The summed E-state index contributed by atoms with van der Waals surface area (Å²) in [6, 6.07) is 13.3.